The number of aromatic nitrogens is 5. The van der Waals surface area contributed by atoms with Crippen LogP contribution in [0.5, 0.6) is 0 Å². The molecule has 0 atom stereocenters. The highest BCUT2D eigenvalue weighted by atomic mass is 19.1. The molecule has 4 heterocycles. The van der Waals surface area contributed by atoms with E-state index in [2.05, 4.69) is 35.5 Å². The van der Waals surface area contributed by atoms with Crippen LogP contribution in [0.25, 0.3) is 22.6 Å². The number of rotatable bonds is 7. The highest BCUT2D eigenvalue weighted by molar-refractivity contribution is 5.95. The minimum atomic E-state index is -0.719. The predicted molar refractivity (Wildman–Crippen MR) is 136 cm³/mol. The molecule has 0 unspecified atom stereocenters. The zero-order chi connectivity index (χ0) is 25.9. The van der Waals surface area contributed by atoms with Gasteiger partial charge in [-0.2, -0.15) is 0 Å². The number of fused-ring (bicyclic) bond motifs is 1. The molecule has 12 heteroatoms. The Kier molecular flexibility index (Phi) is 6.93. The summed E-state index contributed by atoms with van der Waals surface area (Å²) in [7, 11) is 4.76. The summed E-state index contributed by atoms with van der Waals surface area (Å²) in [5, 5.41) is 5.92. The average Bonchev–Trinajstić information content (AvgIpc) is 3.26. The van der Waals surface area contributed by atoms with Gasteiger partial charge in [0.05, 0.1) is 43.2 Å². The third-order valence-corrected chi connectivity index (χ3v) is 6.20. The van der Waals surface area contributed by atoms with Crippen molar-refractivity contribution in [3.05, 3.63) is 53.7 Å². The lowest BCUT2D eigenvalue weighted by molar-refractivity contribution is 0.0341. The number of carbonyl (C=O) groups excluding carboxylic acids is 1. The highest BCUT2D eigenvalue weighted by Gasteiger charge is 2.24. The van der Waals surface area contributed by atoms with Gasteiger partial charge in [-0.25, -0.2) is 24.1 Å². The van der Waals surface area contributed by atoms with Crippen molar-refractivity contribution in [3.8, 4) is 11.5 Å². The van der Waals surface area contributed by atoms with E-state index in [0.717, 1.165) is 29.7 Å². The van der Waals surface area contributed by atoms with Gasteiger partial charge in [-0.1, -0.05) is 6.07 Å². The first-order valence-electron chi connectivity index (χ1n) is 11.8. The molecule has 4 aromatic rings. The molecule has 0 amide bonds. The molecular formula is C25H27FN8O3. The predicted octanol–water partition coefficient (Wildman–Crippen LogP) is 2.97. The maximum absolute atomic E-state index is 15.1. The van der Waals surface area contributed by atoms with Gasteiger partial charge in [-0.3, -0.25) is 9.88 Å². The van der Waals surface area contributed by atoms with E-state index in [1.165, 1.54) is 13.2 Å². The van der Waals surface area contributed by atoms with Gasteiger partial charge >= 0.3 is 5.97 Å². The smallest absolute Gasteiger partial charge is 0.360 e. The molecule has 0 bridgehead atoms. The van der Waals surface area contributed by atoms with Crippen LogP contribution in [-0.4, -0.2) is 75.8 Å². The molecule has 1 aromatic carbocycles. The normalized spacial score (nSPS) is 14.1. The molecule has 0 spiro atoms. The Morgan fingerprint density at radius 3 is 2.68 bits per heavy atom. The number of hydrogen-bond donors (Lipinski definition) is 2. The first-order valence-corrected chi connectivity index (χ1v) is 11.8. The Balaban J connectivity index is 1.50. The Labute approximate surface area is 212 Å². The van der Waals surface area contributed by atoms with Gasteiger partial charge < -0.3 is 24.7 Å². The maximum Gasteiger partial charge on any atom is 0.360 e. The minimum absolute atomic E-state index is 0.0558. The monoisotopic (exact) mass is 506 g/mol. The van der Waals surface area contributed by atoms with Crippen molar-refractivity contribution < 1.29 is 18.7 Å². The van der Waals surface area contributed by atoms with Crippen molar-refractivity contribution in [1.82, 2.24) is 29.4 Å². The van der Waals surface area contributed by atoms with Crippen LogP contribution >= 0.6 is 0 Å². The van der Waals surface area contributed by atoms with E-state index < -0.39 is 11.8 Å². The number of morpholine rings is 1. The van der Waals surface area contributed by atoms with Crippen molar-refractivity contribution in [2.24, 2.45) is 7.05 Å². The number of imidazole rings is 1. The average molecular weight is 507 g/mol. The first-order chi connectivity index (χ1) is 18.0. The van der Waals surface area contributed by atoms with Gasteiger partial charge in [0.2, 0.25) is 0 Å². The van der Waals surface area contributed by atoms with Crippen LogP contribution in [0, 0.1) is 5.82 Å². The van der Waals surface area contributed by atoms with Crippen molar-refractivity contribution in [2.75, 3.05) is 51.1 Å². The van der Waals surface area contributed by atoms with Crippen LogP contribution < -0.4 is 10.6 Å². The molecule has 0 aliphatic carbocycles. The number of halogens is 1. The Bertz CT molecular complexity index is 1450. The van der Waals surface area contributed by atoms with E-state index in [0.29, 0.717) is 37.1 Å². The number of anilines is 3. The van der Waals surface area contributed by atoms with Crippen molar-refractivity contribution in [3.63, 3.8) is 0 Å². The van der Waals surface area contributed by atoms with Gasteiger partial charge in [0.1, 0.15) is 11.5 Å². The van der Waals surface area contributed by atoms with Crippen LogP contribution in [0.4, 0.5) is 21.7 Å². The molecular weight excluding hydrogens is 479 g/mol. The number of aryl methyl sites for hydroxylation is 1. The summed E-state index contributed by atoms with van der Waals surface area (Å²) in [4.78, 5) is 32.8. The van der Waals surface area contributed by atoms with Crippen LogP contribution in [0.2, 0.25) is 0 Å². The standard InChI is InChI=1S/C25H27FN8O3/c1-27-22-20(24-30-18-6-7-28-13-19(18)33(24)2)31-21(25(35)36-3)23(32-22)29-17-5-4-15(12-16(17)26)14-34-8-10-37-11-9-34/h4-7,12-13H,8-11,14H2,1-3H3,(H2,27,29,32). The Hall–Kier alpha value is -4.16. The quantitative estimate of drug-likeness (QED) is 0.362. The van der Waals surface area contributed by atoms with Crippen molar-refractivity contribution >= 4 is 34.3 Å². The summed E-state index contributed by atoms with van der Waals surface area (Å²) in [6.07, 6.45) is 3.35. The highest BCUT2D eigenvalue weighted by Crippen LogP contribution is 2.31. The molecule has 11 nitrogen and oxygen atoms in total. The third-order valence-electron chi connectivity index (χ3n) is 6.20. The van der Waals surface area contributed by atoms with Gasteiger partial charge in [0, 0.05) is 39.9 Å². The van der Waals surface area contributed by atoms with E-state index in [1.807, 2.05) is 17.7 Å². The van der Waals surface area contributed by atoms with Gasteiger partial charge in [0.25, 0.3) is 0 Å². The molecule has 3 aromatic heterocycles. The Morgan fingerprint density at radius 2 is 1.97 bits per heavy atom. The second kappa shape index (κ2) is 10.4. The lowest BCUT2D eigenvalue weighted by Crippen LogP contribution is -2.35. The fraction of sp³-hybridized carbons (Fsp3) is 0.320. The second-order valence-electron chi connectivity index (χ2n) is 8.55. The number of benzene rings is 1. The SMILES string of the molecule is CNc1nc(Nc2ccc(CN3CCOCC3)cc2F)c(C(=O)OC)nc1-c1nc2ccncc2n1C. The number of carbonyl (C=O) groups is 1. The minimum Gasteiger partial charge on any atom is -0.464 e. The molecule has 5 rings (SSSR count). The largest absolute Gasteiger partial charge is 0.464 e. The molecule has 1 fully saturated rings. The van der Waals surface area contributed by atoms with E-state index in [4.69, 9.17) is 9.47 Å². The molecule has 0 radical (unpaired) electrons. The van der Waals surface area contributed by atoms with Gasteiger partial charge in [-0.05, 0) is 23.8 Å². The van der Waals surface area contributed by atoms with Crippen molar-refractivity contribution in [2.45, 2.75) is 6.54 Å². The summed E-state index contributed by atoms with van der Waals surface area (Å²) >= 11 is 0. The molecule has 0 saturated carbocycles. The number of nitrogens with zero attached hydrogens (tertiary/aromatic N) is 6. The second-order valence-corrected chi connectivity index (χ2v) is 8.55. The van der Waals surface area contributed by atoms with Crippen LogP contribution in [-0.2, 0) is 23.1 Å². The fourth-order valence-corrected chi connectivity index (χ4v) is 4.24. The van der Waals surface area contributed by atoms with Gasteiger partial charge in [0.15, 0.2) is 23.2 Å². The lowest BCUT2D eigenvalue weighted by Gasteiger charge is -2.26. The van der Waals surface area contributed by atoms with E-state index >= 15 is 4.39 Å². The van der Waals surface area contributed by atoms with E-state index in [9.17, 15) is 4.79 Å². The number of ether oxygens (including phenoxy) is 2. The number of hydrogen-bond acceptors (Lipinski definition) is 10. The van der Waals surface area contributed by atoms with Crippen LogP contribution in [0.3, 0.4) is 0 Å². The van der Waals surface area contributed by atoms with Crippen molar-refractivity contribution in [1.29, 1.82) is 0 Å². The number of nitrogens with one attached hydrogen (secondary N) is 2. The lowest BCUT2D eigenvalue weighted by atomic mass is 10.1. The molecule has 2 N–H and O–H groups in total. The third kappa shape index (κ3) is 4.93. The summed E-state index contributed by atoms with van der Waals surface area (Å²) in [5.41, 5.74) is 2.76. The zero-order valence-corrected chi connectivity index (χ0v) is 20.8. The summed E-state index contributed by atoms with van der Waals surface area (Å²) in [5.74, 6) is -0.300. The van der Waals surface area contributed by atoms with Crippen LogP contribution in [0.1, 0.15) is 16.1 Å². The molecule has 1 aliphatic heterocycles. The molecule has 1 saturated heterocycles. The number of methoxy groups -OCH3 is 1. The molecule has 1 aliphatic rings. The molecule has 37 heavy (non-hydrogen) atoms. The fourth-order valence-electron chi connectivity index (χ4n) is 4.24. The molecule has 192 valence electrons. The zero-order valence-electron chi connectivity index (χ0n) is 20.8. The maximum atomic E-state index is 15.1. The summed E-state index contributed by atoms with van der Waals surface area (Å²) in [6, 6.07) is 6.73. The van der Waals surface area contributed by atoms with E-state index in [-0.39, 0.29) is 17.2 Å². The summed E-state index contributed by atoms with van der Waals surface area (Å²) in [6.45, 7) is 3.58. The number of esters is 1. The van der Waals surface area contributed by atoms with E-state index in [1.54, 1.807) is 31.6 Å². The topological polar surface area (TPSA) is 119 Å². The van der Waals surface area contributed by atoms with Crippen LogP contribution in [0.15, 0.2) is 36.7 Å². The van der Waals surface area contributed by atoms with Gasteiger partial charge in [-0.15, -0.1) is 0 Å². The number of pyridine rings is 1. The summed E-state index contributed by atoms with van der Waals surface area (Å²) < 4.78 is 27.2. The Morgan fingerprint density at radius 1 is 1.16 bits per heavy atom. The first kappa shape index (κ1) is 24.5.